The van der Waals surface area contributed by atoms with Crippen molar-refractivity contribution in [3.8, 4) is 0 Å². The molecule has 1 aliphatic rings. The molecule has 3 nitrogen and oxygen atoms in total. The fraction of sp³-hybridized carbons (Fsp3) is 0.333. The summed E-state index contributed by atoms with van der Waals surface area (Å²) in [5.41, 5.74) is 1.37. The fourth-order valence-electron chi connectivity index (χ4n) is 2.25. The van der Waals surface area contributed by atoms with Gasteiger partial charge >= 0.3 is 0 Å². The van der Waals surface area contributed by atoms with E-state index in [4.69, 9.17) is 11.6 Å². The first-order valence-corrected chi connectivity index (χ1v) is 5.77. The first kappa shape index (κ1) is 9.85. The van der Waals surface area contributed by atoms with Crippen LogP contribution in [0.2, 0.25) is 5.28 Å². The van der Waals surface area contributed by atoms with E-state index in [9.17, 15) is 0 Å². The molecule has 1 aromatic carbocycles. The second kappa shape index (κ2) is 3.59. The smallest absolute Gasteiger partial charge is 0.225 e. The molecule has 0 radical (unpaired) electrons. The molecular weight excluding hydrogens is 222 g/mol. The Morgan fingerprint density at radius 2 is 2.00 bits per heavy atom. The lowest BCUT2D eigenvalue weighted by molar-refractivity contribution is 0.690. The average molecular weight is 234 g/mol. The van der Waals surface area contributed by atoms with Crippen molar-refractivity contribution in [1.82, 2.24) is 14.8 Å². The lowest BCUT2D eigenvalue weighted by Gasteiger charge is -2.04. The Balaban J connectivity index is 1.87. The average Bonchev–Trinajstić information content (AvgIpc) is 3.01. The van der Waals surface area contributed by atoms with Crippen LogP contribution in [-0.4, -0.2) is 14.8 Å². The van der Waals surface area contributed by atoms with Crippen molar-refractivity contribution in [1.29, 1.82) is 0 Å². The molecule has 82 valence electrons. The van der Waals surface area contributed by atoms with Gasteiger partial charge in [-0.05, 0) is 30.5 Å². The van der Waals surface area contributed by atoms with Gasteiger partial charge in [-0.3, -0.25) is 4.57 Å². The van der Waals surface area contributed by atoms with Gasteiger partial charge in [0.1, 0.15) is 5.82 Å². The topological polar surface area (TPSA) is 30.7 Å². The highest BCUT2D eigenvalue weighted by Gasteiger charge is 2.41. The molecule has 1 saturated carbocycles. The highest BCUT2D eigenvalue weighted by molar-refractivity contribution is 6.28. The zero-order chi connectivity index (χ0) is 11.1. The monoisotopic (exact) mass is 233 g/mol. The fourth-order valence-corrected chi connectivity index (χ4v) is 2.53. The minimum atomic E-state index is 0.435. The Morgan fingerprint density at radius 3 is 2.62 bits per heavy atom. The van der Waals surface area contributed by atoms with Gasteiger partial charge in [0.05, 0.1) is 0 Å². The summed E-state index contributed by atoms with van der Waals surface area (Å²) in [6, 6.07) is 11.0. The van der Waals surface area contributed by atoms with Crippen molar-refractivity contribution in [3.05, 3.63) is 47.0 Å². The van der Waals surface area contributed by atoms with E-state index in [0.717, 1.165) is 12.2 Å². The van der Waals surface area contributed by atoms with Crippen LogP contribution in [0.25, 0.3) is 0 Å². The van der Waals surface area contributed by atoms with Crippen LogP contribution in [0.1, 0.15) is 29.8 Å². The normalized spacial score (nSPS) is 23.4. The number of hydrogen-bond acceptors (Lipinski definition) is 2. The largest absolute Gasteiger partial charge is 0.298 e. The number of nitrogens with zero attached hydrogens (tertiary/aromatic N) is 3. The van der Waals surface area contributed by atoms with Crippen LogP contribution in [0.15, 0.2) is 30.3 Å². The summed E-state index contributed by atoms with van der Waals surface area (Å²) in [7, 11) is 0. The quantitative estimate of drug-likeness (QED) is 0.799. The minimum absolute atomic E-state index is 0.435. The van der Waals surface area contributed by atoms with Crippen molar-refractivity contribution in [2.24, 2.45) is 0 Å². The molecule has 2 aromatic rings. The molecule has 2 atom stereocenters. The molecule has 0 aliphatic heterocycles. The lowest BCUT2D eigenvalue weighted by atomic mass is 10.1. The van der Waals surface area contributed by atoms with Crippen LogP contribution in [0.4, 0.5) is 0 Å². The van der Waals surface area contributed by atoms with Gasteiger partial charge in [0.25, 0.3) is 0 Å². The molecule has 1 heterocycles. The van der Waals surface area contributed by atoms with Crippen molar-refractivity contribution in [2.75, 3.05) is 0 Å². The van der Waals surface area contributed by atoms with Crippen molar-refractivity contribution in [2.45, 2.75) is 25.3 Å². The zero-order valence-electron chi connectivity index (χ0n) is 8.97. The lowest BCUT2D eigenvalue weighted by Crippen LogP contribution is -1.99. The number of aryl methyl sites for hydroxylation is 1. The predicted octanol–water partition coefficient (Wildman–Crippen LogP) is 2.97. The van der Waals surface area contributed by atoms with Gasteiger partial charge in [0.15, 0.2) is 0 Å². The summed E-state index contributed by atoms with van der Waals surface area (Å²) in [6.45, 7) is 1.94. The molecule has 2 unspecified atom stereocenters. The molecule has 1 fully saturated rings. The molecule has 0 spiro atoms. The van der Waals surface area contributed by atoms with Gasteiger partial charge in [-0.25, -0.2) is 0 Å². The van der Waals surface area contributed by atoms with Crippen molar-refractivity contribution >= 4 is 11.6 Å². The van der Waals surface area contributed by atoms with Gasteiger partial charge in [0, 0.05) is 12.0 Å². The zero-order valence-corrected chi connectivity index (χ0v) is 9.72. The maximum absolute atomic E-state index is 6.02. The summed E-state index contributed by atoms with van der Waals surface area (Å²) in [5.74, 6) is 1.46. The second-order valence-corrected chi connectivity index (χ2v) is 4.54. The molecule has 1 aliphatic carbocycles. The summed E-state index contributed by atoms with van der Waals surface area (Å²) >= 11 is 6.02. The number of rotatable bonds is 2. The maximum atomic E-state index is 6.02. The minimum Gasteiger partial charge on any atom is -0.298 e. The number of aromatic nitrogens is 3. The highest BCUT2D eigenvalue weighted by Crippen LogP contribution is 2.52. The number of halogens is 1. The molecule has 0 N–H and O–H groups in total. The molecule has 3 rings (SSSR count). The van der Waals surface area contributed by atoms with Crippen LogP contribution in [0.5, 0.6) is 0 Å². The Hall–Kier alpha value is -1.35. The van der Waals surface area contributed by atoms with Gasteiger partial charge in [0.2, 0.25) is 5.28 Å². The van der Waals surface area contributed by atoms with Crippen LogP contribution >= 0.6 is 11.6 Å². The SMILES string of the molecule is Cc1nnc(Cl)n1C1CC1c1ccccc1. The maximum Gasteiger partial charge on any atom is 0.225 e. The summed E-state index contributed by atoms with van der Waals surface area (Å²) < 4.78 is 2.03. The second-order valence-electron chi connectivity index (χ2n) is 4.21. The van der Waals surface area contributed by atoms with Crippen LogP contribution in [0.3, 0.4) is 0 Å². The van der Waals surface area contributed by atoms with Crippen molar-refractivity contribution in [3.63, 3.8) is 0 Å². The van der Waals surface area contributed by atoms with E-state index >= 15 is 0 Å². The van der Waals surface area contributed by atoms with Gasteiger partial charge in [-0.15, -0.1) is 10.2 Å². The predicted molar refractivity (Wildman–Crippen MR) is 62.6 cm³/mol. The number of hydrogen-bond donors (Lipinski definition) is 0. The van der Waals surface area contributed by atoms with E-state index < -0.39 is 0 Å². The standard InChI is InChI=1S/C12H12ClN3/c1-8-14-15-12(13)16(8)11-7-10(11)9-5-3-2-4-6-9/h2-6,10-11H,7H2,1H3. The summed E-state index contributed by atoms with van der Waals surface area (Å²) in [5, 5.41) is 8.37. The van der Waals surface area contributed by atoms with Gasteiger partial charge in [-0.1, -0.05) is 30.3 Å². The van der Waals surface area contributed by atoms with E-state index in [1.54, 1.807) is 0 Å². The van der Waals surface area contributed by atoms with E-state index in [-0.39, 0.29) is 0 Å². The molecule has 4 heteroatoms. The number of benzene rings is 1. The third kappa shape index (κ3) is 1.52. The van der Waals surface area contributed by atoms with Crippen LogP contribution in [-0.2, 0) is 0 Å². The van der Waals surface area contributed by atoms with E-state index in [1.807, 2.05) is 17.6 Å². The van der Waals surface area contributed by atoms with Gasteiger partial charge in [-0.2, -0.15) is 0 Å². The molecule has 0 bridgehead atoms. The Labute approximate surface area is 99.1 Å². The van der Waals surface area contributed by atoms with Crippen LogP contribution in [0, 0.1) is 6.92 Å². The third-order valence-electron chi connectivity index (χ3n) is 3.14. The molecule has 16 heavy (non-hydrogen) atoms. The first-order chi connectivity index (χ1) is 7.77. The first-order valence-electron chi connectivity index (χ1n) is 5.39. The molecular formula is C12H12ClN3. The third-order valence-corrected chi connectivity index (χ3v) is 3.40. The Bertz CT molecular complexity index is 487. The molecule has 0 amide bonds. The van der Waals surface area contributed by atoms with E-state index in [1.165, 1.54) is 5.56 Å². The van der Waals surface area contributed by atoms with Crippen molar-refractivity contribution < 1.29 is 0 Å². The molecule has 1 aromatic heterocycles. The van der Waals surface area contributed by atoms with E-state index in [0.29, 0.717) is 17.2 Å². The Kier molecular flexibility index (Phi) is 2.21. The highest BCUT2D eigenvalue weighted by atomic mass is 35.5. The molecule has 0 saturated heterocycles. The van der Waals surface area contributed by atoms with Crippen LogP contribution < -0.4 is 0 Å². The van der Waals surface area contributed by atoms with E-state index in [2.05, 4.69) is 34.5 Å². The summed E-state index contributed by atoms with van der Waals surface area (Å²) in [6.07, 6.45) is 1.13. The summed E-state index contributed by atoms with van der Waals surface area (Å²) in [4.78, 5) is 0. The Morgan fingerprint density at radius 1 is 1.25 bits per heavy atom. The van der Waals surface area contributed by atoms with Gasteiger partial charge < -0.3 is 0 Å².